The quantitative estimate of drug-likeness (QED) is 0.438. The predicted octanol–water partition coefficient (Wildman–Crippen LogP) is 2.11. The summed E-state index contributed by atoms with van der Waals surface area (Å²) in [6, 6.07) is 0. The number of fused-ring (bicyclic) bond motifs is 1. The number of rotatable bonds is 6. The highest BCUT2D eigenvalue weighted by Crippen LogP contribution is 2.58. The molecule has 0 aromatic carbocycles. The molecule has 0 radical (unpaired) electrons. The van der Waals surface area contributed by atoms with Crippen molar-refractivity contribution in [3.63, 3.8) is 0 Å². The highest BCUT2D eigenvalue weighted by molar-refractivity contribution is 6.74. The van der Waals surface area contributed by atoms with E-state index in [1.54, 1.807) is 0 Å². The molecular weight excluding hydrogens is 340 g/mol. The lowest BCUT2D eigenvalue weighted by Crippen LogP contribution is -2.42. The Morgan fingerprint density at radius 3 is 2.60 bits per heavy atom. The van der Waals surface area contributed by atoms with Crippen LogP contribution in [0, 0.1) is 23.7 Å². The Bertz CT molecular complexity index is 554. The fourth-order valence-corrected chi connectivity index (χ4v) is 5.30. The second-order valence-corrected chi connectivity index (χ2v) is 13.9. The van der Waals surface area contributed by atoms with Crippen molar-refractivity contribution in [3.05, 3.63) is 0 Å². The van der Waals surface area contributed by atoms with E-state index >= 15 is 0 Å². The van der Waals surface area contributed by atoms with Gasteiger partial charge in [-0.3, -0.25) is 9.59 Å². The third-order valence-electron chi connectivity index (χ3n) is 6.65. The number of esters is 2. The van der Waals surface area contributed by atoms with E-state index < -0.39 is 32.4 Å². The number of aliphatic hydroxyl groups excluding tert-OH is 1. The third kappa shape index (κ3) is 3.15. The van der Waals surface area contributed by atoms with Gasteiger partial charge in [0.15, 0.2) is 8.32 Å². The molecule has 3 rings (SSSR count). The Morgan fingerprint density at radius 1 is 1.28 bits per heavy atom. The van der Waals surface area contributed by atoms with Gasteiger partial charge in [0.1, 0.15) is 6.10 Å². The molecule has 2 saturated carbocycles. The zero-order chi connectivity index (χ0) is 18.6. The molecule has 0 aromatic heterocycles. The summed E-state index contributed by atoms with van der Waals surface area (Å²) in [4.78, 5) is 24.4. The maximum Gasteiger partial charge on any atom is 0.310 e. The first-order valence-electron chi connectivity index (χ1n) is 9.24. The van der Waals surface area contributed by atoms with E-state index in [2.05, 4.69) is 33.9 Å². The lowest BCUT2D eigenvalue weighted by Gasteiger charge is -2.36. The lowest BCUT2D eigenvalue weighted by molar-refractivity contribution is -0.156. The first-order chi connectivity index (χ1) is 11.5. The van der Waals surface area contributed by atoms with Crippen LogP contribution in [-0.2, 0) is 23.5 Å². The standard InChI is InChI=1S/C18H30O6Si/c1-18(2,3)25(4,5)23-8-6-7-22-16(20)12-10-9-11-13(12)17(21)24-15(11)14(10)19/h10-15,19H,6-9H2,1-5H3. The molecule has 6 nitrogen and oxygen atoms in total. The SMILES string of the molecule is CC(C)(C)[Si](C)(C)OCCCOC(=O)C1C2CC3C(OC(=O)C31)C2O. The minimum Gasteiger partial charge on any atom is -0.465 e. The van der Waals surface area contributed by atoms with E-state index in [4.69, 9.17) is 13.9 Å². The van der Waals surface area contributed by atoms with Crippen LogP contribution in [0.1, 0.15) is 33.6 Å². The van der Waals surface area contributed by atoms with Gasteiger partial charge in [0.25, 0.3) is 0 Å². The largest absolute Gasteiger partial charge is 0.465 e. The van der Waals surface area contributed by atoms with Gasteiger partial charge in [0, 0.05) is 24.9 Å². The number of carbonyl (C=O) groups excluding carboxylic acids is 2. The van der Waals surface area contributed by atoms with Crippen molar-refractivity contribution < 1.29 is 28.6 Å². The topological polar surface area (TPSA) is 82.1 Å². The smallest absolute Gasteiger partial charge is 0.310 e. The average molecular weight is 371 g/mol. The van der Waals surface area contributed by atoms with Gasteiger partial charge in [-0.2, -0.15) is 0 Å². The molecule has 1 aliphatic heterocycles. The second kappa shape index (κ2) is 6.35. The van der Waals surface area contributed by atoms with Crippen molar-refractivity contribution in [2.45, 2.75) is 64.0 Å². The maximum atomic E-state index is 12.5. The van der Waals surface area contributed by atoms with Crippen molar-refractivity contribution in [3.8, 4) is 0 Å². The monoisotopic (exact) mass is 370 g/mol. The number of ether oxygens (including phenoxy) is 2. The van der Waals surface area contributed by atoms with Gasteiger partial charge in [0.2, 0.25) is 0 Å². The summed E-state index contributed by atoms with van der Waals surface area (Å²) in [6.45, 7) is 11.8. The molecule has 7 heteroatoms. The van der Waals surface area contributed by atoms with Crippen LogP contribution in [0.25, 0.3) is 0 Å². The Labute approximate surface area is 150 Å². The van der Waals surface area contributed by atoms with E-state index in [1.807, 2.05) is 0 Å². The third-order valence-corrected chi connectivity index (χ3v) is 11.2. The Hall–Kier alpha value is -0.923. The van der Waals surface area contributed by atoms with E-state index in [9.17, 15) is 14.7 Å². The van der Waals surface area contributed by atoms with Gasteiger partial charge in [-0.15, -0.1) is 0 Å². The minimum absolute atomic E-state index is 0.0213. The number of hydrogen-bond acceptors (Lipinski definition) is 6. The summed E-state index contributed by atoms with van der Waals surface area (Å²) in [5.41, 5.74) is 0. The number of aliphatic hydroxyl groups is 1. The highest BCUT2D eigenvalue weighted by Gasteiger charge is 2.68. The van der Waals surface area contributed by atoms with Crippen molar-refractivity contribution >= 4 is 20.3 Å². The average Bonchev–Trinajstić information content (AvgIpc) is 3.09. The van der Waals surface area contributed by atoms with Crippen LogP contribution in [0.2, 0.25) is 18.1 Å². The molecule has 6 atom stereocenters. The van der Waals surface area contributed by atoms with Crippen LogP contribution >= 0.6 is 0 Å². The molecular formula is C18H30O6Si. The first kappa shape index (κ1) is 18.9. The summed E-state index contributed by atoms with van der Waals surface area (Å²) in [5, 5.41) is 10.4. The normalized spacial score (nSPS) is 36.6. The fourth-order valence-electron chi connectivity index (χ4n) is 4.21. The lowest BCUT2D eigenvalue weighted by atomic mass is 9.78. The Balaban J connectivity index is 1.46. The molecule has 25 heavy (non-hydrogen) atoms. The molecule has 1 heterocycles. The number of hydrogen-bond donors (Lipinski definition) is 1. The fraction of sp³-hybridized carbons (Fsp3) is 0.889. The molecule has 1 saturated heterocycles. The summed E-state index contributed by atoms with van der Waals surface area (Å²) in [5.74, 6) is -1.92. The summed E-state index contributed by atoms with van der Waals surface area (Å²) in [6.07, 6.45) is 0.173. The van der Waals surface area contributed by atoms with Crippen LogP contribution in [0.4, 0.5) is 0 Å². The van der Waals surface area contributed by atoms with E-state index in [0.717, 1.165) is 0 Å². The van der Waals surface area contributed by atoms with Crippen molar-refractivity contribution in [1.29, 1.82) is 0 Å². The van der Waals surface area contributed by atoms with Gasteiger partial charge in [-0.1, -0.05) is 20.8 Å². The molecule has 2 bridgehead atoms. The molecule has 3 aliphatic rings. The summed E-state index contributed by atoms with van der Waals surface area (Å²) >= 11 is 0. The van der Waals surface area contributed by atoms with Gasteiger partial charge >= 0.3 is 11.9 Å². The minimum atomic E-state index is -1.78. The predicted molar refractivity (Wildman–Crippen MR) is 93.2 cm³/mol. The Morgan fingerprint density at radius 2 is 1.96 bits per heavy atom. The summed E-state index contributed by atoms with van der Waals surface area (Å²) < 4.78 is 16.7. The zero-order valence-corrected chi connectivity index (χ0v) is 16.8. The second-order valence-electron chi connectivity index (χ2n) is 9.14. The van der Waals surface area contributed by atoms with Crippen LogP contribution in [0.15, 0.2) is 0 Å². The van der Waals surface area contributed by atoms with E-state index in [0.29, 0.717) is 19.4 Å². The zero-order valence-electron chi connectivity index (χ0n) is 15.8. The molecule has 142 valence electrons. The molecule has 2 aliphatic carbocycles. The number of carbonyl (C=O) groups is 2. The molecule has 1 N–H and O–H groups in total. The molecule has 0 spiro atoms. The van der Waals surface area contributed by atoms with Gasteiger partial charge < -0.3 is 19.0 Å². The molecule has 0 amide bonds. The summed E-state index contributed by atoms with van der Waals surface area (Å²) in [7, 11) is -1.78. The van der Waals surface area contributed by atoms with Gasteiger partial charge in [0.05, 0.1) is 24.5 Å². The van der Waals surface area contributed by atoms with E-state index in [1.165, 1.54) is 0 Å². The van der Waals surface area contributed by atoms with Crippen molar-refractivity contribution in [1.82, 2.24) is 0 Å². The van der Waals surface area contributed by atoms with Gasteiger partial charge in [-0.05, 0) is 24.6 Å². The van der Waals surface area contributed by atoms with Crippen molar-refractivity contribution in [2.24, 2.45) is 23.7 Å². The van der Waals surface area contributed by atoms with Gasteiger partial charge in [-0.25, -0.2) is 0 Å². The van der Waals surface area contributed by atoms with Crippen molar-refractivity contribution in [2.75, 3.05) is 13.2 Å². The molecule has 6 unspecified atom stereocenters. The van der Waals surface area contributed by atoms with Crippen LogP contribution in [-0.4, -0.2) is 50.8 Å². The highest BCUT2D eigenvalue weighted by atomic mass is 28.4. The Kier molecular flexibility index (Phi) is 4.79. The maximum absolute atomic E-state index is 12.5. The molecule has 3 fully saturated rings. The molecule has 0 aromatic rings. The van der Waals surface area contributed by atoms with Crippen LogP contribution in [0.3, 0.4) is 0 Å². The van der Waals surface area contributed by atoms with Crippen LogP contribution < -0.4 is 0 Å². The first-order valence-corrected chi connectivity index (χ1v) is 12.1. The van der Waals surface area contributed by atoms with E-state index in [-0.39, 0.29) is 35.4 Å². The van der Waals surface area contributed by atoms with Crippen LogP contribution in [0.5, 0.6) is 0 Å².